The molecule has 0 nitrogen and oxygen atoms in total. The van der Waals surface area contributed by atoms with Gasteiger partial charge in [-0.15, -0.1) is 0 Å². The van der Waals surface area contributed by atoms with Gasteiger partial charge in [0.1, 0.15) is 0 Å². The van der Waals surface area contributed by atoms with Crippen LogP contribution >= 0.6 is 0 Å². The second-order valence-corrected chi connectivity index (χ2v) is 16.4. The van der Waals surface area contributed by atoms with Crippen molar-refractivity contribution in [1.82, 2.24) is 0 Å². The van der Waals surface area contributed by atoms with Crippen LogP contribution in [-0.2, 0) is 10.8 Å². The van der Waals surface area contributed by atoms with Gasteiger partial charge in [0, 0.05) is 76.8 Å². The van der Waals surface area contributed by atoms with Gasteiger partial charge in [-0.1, -0.05) is 162 Å². The van der Waals surface area contributed by atoms with Crippen LogP contribution in [0, 0.1) is 47.4 Å². The van der Waals surface area contributed by atoms with Crippen LogP contribution in [-0.4, -0.2) is 0 Å². The fourth-order valence-corrected chi connectivity index (χ4v) is 7.16. The van der Waals surface area contributed by atoms with Crippen LogP contribution in [0.15, 0.2) is 146 Å². The second kappa shape index (κ2) is 14.7. The van der Waals surface area contributed by atoms with Gasteiger partial charge in [-0.2, -0.15) is 0 Å². The van der Waals surface area contributed by atoms with Gasteiger partial charge in [-0.3, -0.25) is 0 Å². The van der Waals surface area contributed by atoms with Crippen molar-refractivity contribution >= 4 is 32.3 Å². The lowest BCUT2D eigenvalue weighted by atomic mass is 9.76. The molecule has 0 bridgehead atoms. The van der Waals surface area contributed by atoms with Crippen LogP contribution in [0.2, 0.25) is 0 Å². The minimum absolute atomic E-state index is 0.163. The summed E-state index contributed by atoms with van der Waals surface area (Å²) in [5, 5.41) is 6.63. The number of hydrogen-bond acceptors (Lipinski definition) is 0. The Bertz CT molecular complexity index is 2600. The Morgan fingerprint density at radius 3 is 0.696 bits per heavy atom. The Kier molecular flexibility index (Phi) is 9.46. The molecule has 0 unspecified atom stereocenters. The molecule has 0 aliphatic rings. The molecule has 0 heteroatoms. The highest BCUT2D eigenvalue weighted by Gasteiger charge is 2.27. The highest BCUT2D eigenvalue weighted by molar-refractivity contribution is 6.29. The molecule has 0 fully saturated rings. The van der Waals surface area contributed by atoms with Gasteiger partial charge in [0.15, 0.2) is 0 Å². The van der Waals surface area contributed by atoms with Crippen molar-refractivity contribution in [3.05, 3.63) is 201 Å². The molecular weight excluding hydrogens is 673 g/mol. The molecule has 266 valence electrons. The lowest BCUT2D eigenvalue weighted by molar-refractivity contribution is 0.591. The molecule has 8 aromatic carbocycles. The zero-order valence-electron chi connectivity index (χ0n) is 32.9. The summed E-state index contributed by atoms with van der Waals surface area (Å²) in [6, 6.07) is 50.3. The van der Waals surface area contributed by atoms with Gasteiger partial charge >= 0.3 is 0 Å². The number of benzene rings is 8. The van der Waals surface area contributed by atoms with Crippen LogP contribution < -0.4 is 0 Å². The van der Waals surface area contributed by atoms with Crippen LogP contribution in [0.5, 0.6) is 0 Å². The van der Waals surface area contributed by atoms with Crippen molar-refractivity contribution in [1.29, 1.82) is 0 Å². The van der Waals surface area contributed by atoms with E-state index in [1.165, 1.54) is 11.1 Å². The Morgan fingerprint density at radius 2 is 0.500 bits per heavy atom. The third-order valence-corrected chi connectivity index (χ3v) is 10.3. The van der Waals surface area contributed by atoms with Gasteiger partial charge in [-0.25, -0.2) is 0 Å². The third kappa shape index (κ3) is 7.28. The van der Waals surface area contributed by atoms with E-state index < -0.39 is 0 Å². The minimum Gasteiger partial charge on any atom is -0.0622 e. The van der Waals surface area contributed by atoms with Gasteiger partial charge in [0.2, 0.25) is 0 Å². The summed E-state index contributed by atoms with van der Waals surface area (Å²) in [6.07, 6.45) is 0. The van der Waals surface area contributed by atoms with E-state index in [4.69, 9.17) is 0 Å². The molecule has 0 amide bonds. The molecule has 0 saturated carbocycles. The molecule has 0 N–H and O–H groups in total. The van der Waals surface area contributed by atoms with Crippen molar-refractivity contribution in [2.45, 2.75) is 52.4 Å². The van der Waals surface area contributed by atoms with Crippen LogP contribution in [0.25, 0.3) is 32.3 Å². The van der Waals surface area contributed by atoms with Crippen molar-refractivity contribution in [3.8, 4) is 47.4 Å². The van der Waals surface area contributed by atoms with Crippen molar-refractivity contribution in [3.63, 3.8) is 0 Å². The standard InChI is InChI=1S/C56H42/c1-55(2,3)43-35-49-45(31-27-39-19-11-7-12-20-39)47(33-29-41-23-15-9-16-24-41)51-37-44(56(4,5)6)38-52-48(34-30-42-25-17-10-18-26-42)46(50(36-43)53(49)54(51)52)32-28-40-21-13-8-14-22-40/h7-26,35-38H,1-6H3. The molecule has 0 heterocycles. The van der Waals surface area contributed by atoms with E-state index >= 15 is 0 Å². The minimum atomic E-state index is -0.163. The van der Waals surface area contributed by atoms with E-state index in [9.17, 15) is 0 Å². The smallest absolute Gasteiger partial charge is 0.0491 e. The van der Waals surface area contributed by atoms with Crippen LogP contribution in [0.1, 0.15) is 97.2 Å². The SMILES string of the molecule is CC(C)(C)c1cc2c(C#Cc3ccccc3)c(C#Cc3ccccc3)c3cc(C(C)(C)C)cc4c(C#Cc5ccccc5)c(C#Cc5ccccc5)c(c1)c2c34. The fraction of sp³-hybridized carbons (Fsp3) is 0.143. The maximum Gasteiger partial charge on any atom is 0.0491 e. The first kappa shape index (κ1) is 36.0. The quantitative estimate of drug-likeness (QED) is 0.108. The third-order valence-electron chi connectivity index (χ3n) is 10.3. The van der Waals surface area contributed by atoms with E-state index in [0.29, 0.717) is 0 Å². The lowest BCUT2D eigenvalue weighted by Gasteiger charge is -2.26. The van der Waals surface area contributed by atoms with E-state index in [0.717, 1.165) is 76.8 Å². The van der Waals surface area contributed by atoms with Gasteiger partial charge in [-0.05, 0) is 94.8 Å². The Hall–Kier alpha value is -6.96. The van der Waals surface area contributed by atoms with Crippen LogP contribution in [0.3, 0.4) is 0 Å². The highest BCUT2D eigenvalue weighted by Crippen LogP contribution is 2.46. The molecule has 0 atom stereocenters. The summed E-state index contributed by atoms with van der Waals surface area (Å²) in [5.41, 5.74) is 9.62. The van der Waals surface area contributed by atoms with Gasteiger partial charge in [0.05, 0.1) is 0 Å². The van der Waals surface area contributed by atoms with Crippen LogP contribution in [0.4, 0.5) is 0 Å². The van der Waals surface area contributed by atoms with E-state index in [1.807, 2.05) is 72.8 Å². The summed E-state index contributed by atoms with van der Waals surface area (Å²) in [5.74, 6) is 29.0. The molecule has 0 radical (unpaired) electrons. The van der Waals surface area contributed by atoms with E-state index in [1.54, 1.807) is 0 Å². The molecule has 0 saturated heterocycles. The maximum absolute atomic E-state index is 3.71. The van der Waals surface area contributed by atoms with Gasteiger partial charge in [0.25, 0.3) is 0 Å². The summed E-state index contributed by atoms with van der Waals surface area (Å²) < 4.78 is 0. The highest BCUT2D eigenvalue weighted by atomic mass is 14.3. The zero-order valence-corrected chi connectivity index (χ0v) is 32.9. The molecule has 0 aliphatic heterocycles. The summed E-state index contributed by atoms with van der Waals surface area (Å²) in [7, 11) is 0. The average molecular weight is 715 g/mol. The van der Waals surface area contributed by atoms with E-state index in [2.05, 4.69) is 162 Å². The molecule has 56 heavy (non-hydrogen) atoms. The summed E-state index contributed by atoms with van der Waals surface area (Å²) in [6.45, 7) is 13.6. The molecule has 0 aromatic heterocycles. The first-order valence-electron chi connectivity index (χ1n) is 19.2. The predicted molar refractivity (Wildman–Crippen MR) is 237 cm³/mol. The van der Waals surface area contributed by atoms with Crippen molar-refractivity contribution in [2.24, 2.45) is 0 Å². The Morgan fingerprint density at radius 1 is 0.286 bits per heavy atom. The number of rotatable bonds is 0. The Labute approximate surface area is 332 Å². The maximum atomic E-state index is 3.71. The first-order chi connectivity index (χ1) is 27.0. The Balaban J connectivity index is 1.63. The molecule has 8 rings (SSSR count). The summed E-state index contributed by atoms with van der Waals surface area (Å²) >= 11 is 0. The average Bonchev–Trinajstić information content (AvgIpc) is 3.20. The molecule has 0 aliphatic carbocycles. The predicted octanol–water partition coefficient (Wildman–Crippen LogP) is 12.8. The van der Waals surface area contributed by atoms with Gasteiger partial charge < -0.3 is 0 Å². The monoisotopic (exact) mass is 714 g/mol. The largest absolute Gasteiger partial charge is 0.0622 e. The first-order valence-corrected chi connectivity index (χ1v) is 19.2. The molecule has 0 spiro atoms. The lowest BCUT2D eigenvalue weighted by Crippen LogP contribution is -2.13. The zero-order chi connectivity index (χ0) is 38.9. The number of hydrogen-bond donors (Lipinski definition) is 0. The fourth-order valence-electron chi connectivity index (χ4n) is 7.16. The molecular formula is C56H42. The van der Waals surface area contributed by atoms with Crippen molar-refractivity contribution < 1.29 is 0 Å². The van der Waals surface area contributed by atoms with E-state index in [-0.39, 0.29) is 10.8 Å². The molecule has 8 aromatic rings. The topological polar surface area (TPSA) is 0 Å². The normalized spacial score (nSPS) is 11.2. The second-order valence-electron chi connectivity index (χ2n) is 16.4. The van der Waals surface area contributed by atoms with Crippen molar-refractivity contribution in [2.75, 3.05) is 0 Å². The summed E-state index contributed by atoms with van der Waals surface area (Å²) in [4.78, 5) is 0.